The summed E-state index contributed by atoms with van der Waals surface area (Å²) >= 11 is 0. The summed E-state index contributed by atoms with van der Waals surface area (Å²) in [6.07, 6.45) is 2.11. The number of hydrogen-bond acceptors (Lipinski definition) is 2. The summed E-state index contributed by atoms with van der Waals surface area (Å²) < 4.78 is 5.07. The van der Waals surface area contributed by atoms with Gasteiger partial charge in [0.05, 0.1) is 6.61 Å². The summed E-state index contributed by atoms with van der Waals surface area (Å²) in [5.41, 5.74) is 1.85. The van der Waals surface area contributed by atoms with Crippen LogP contribution in [0, 0.1) is 5.92 Å². The van der Waals surface area contributed by atoms with E-state index in [9.17, 15) is 4.79 Å². The number of carbonyl (C=O) groups is 1. The van der Waals surface area contributed by atoms with Gasteiger partial charge in [0, 0.05) is 18.6 Å². The first kappa shape index (κ1) is 9.41. The lowest BCUT2D eigenvalue weighted by atomic mass is 10.0. The minimum Gasteiger partial charge on any atom is -0.380 e. The Morgan fingerprint density at radius 3 is 2.79 bits per heavy atom. The van der Waals surface area contributed by atoms with Crippen LogP contribution < -0.4 is 0 Å². The zero-order valence-electron chi connectivity index (χ0n) is 8.32. The van der Waals surface area contributed by atoms with Gasteiger partial charge in [-0.05, 0) is 18.4 Å². The van der Waals surface area contributed by atoms with Crippen molar-refractivity contribution in [1.82, 2.24) is 0 Å². The molecule has 1 fully saturated rings. The largest absolute Gasteiger partial charge is 0.380 e. The molecule has 0 heterocycles. The van der Waals surface area contributed by atoms with Gasteiger partial charge in [-0.2, -0.15) is 0 Å². The van der Waals surface area contributed by atoms with Crippen LogP contribution in [-0.2, 0) is 11.3 Å². The number of Topliss-reactive ketones (excluding diaryl/α,β-unsaturated/α-hetero) is 1. The van der Waals surface area contributed by atoms with Crippen molar-refractivity contribution >= 4 is 5.78 Å². The van der Waals surface area contributed by atoms with Crippen LogP contribution in [0.15, 0.2) is 24.3 Å². The predicted molar refractivity (Wildman–Crippen MR) is 54.2 cm³/mol. The molecule has 1 aromatic carbocycles. The van der Waals surface area contributed by atoms with Crippen LogP contribution in [0.5, 0.6) is 0 Å². The normalized spacial score (nSPS) is 15.5. The lowest BCUT2D eigenvalue weighted by molar-refractivity contribution is 0.0962. The van der Waals surface area contributed by atoms with Gasteiger partial charge in [0.2, 0.25) is 0 Å². The second-order valence-electron chi connectivity index (χ2n) is 3.73. The summed E-state index contributed by atoms with van der Waals surface area (Å²) in [6.45, 7) is 0.522. The molecule has 0 radical (unpaired) electrons. The maximum absolute atomic E-state index is 11.8. The van der Waals surface area contributed by atoms with E-state index in [1.165, 1.54) is 0 Å². The topological polar surface area (TPSA) is 26.3 Å². The molecule has 0 unspecified atom stereocenters. The SMILES string of the molecule is COCc1ccccc1C(=O)C1CC1. The number of ether oxygens (including phenoxy) is 1. The van der Waals surface area contributed by atoms with E-state index in [4.69, 9.17) is 4.74 Å². The van der Waals surface area contributed by atoms with Gasteiger partial charge in [0.15, 0.2) is 5.78 Å². The van der Waals surface area contributed by atoms with Crippen LogP contribution in [0.4, 0.5) is 0 Å². The van der Waals surface area contributed by atoms with Gasteiger partial charge in [-0.15, -0.1) is 0 Å². The monoisotopic (exact) mass is 190 g/mol. The highest BCUT2D eigenvalue weighted by Crippen LogP contribution is 2.33. The third kappa shape index (κ3) is 1.85. The van der Waals surface area contributed by atoms with Crippen molar-refractivity contribution in [2.45, 2.75) is 19.4 Å². The molecule has 2 rings (SSSR count). The molecule has 1 aliphatic rings. The van der Waals surface area contributed by atoms with Crippen molar-refractivity contribution in [3.63, 3.8) is 0 Å². The molecule has 0 aromatic heterocycles. The molecule has 1 aliphatic carbocycles. The highest BCUT2D eigenvalue weighted by atomic mass is 16.5. The van der Waals surface area contributed by atoms with Crippen molar-refractivity contribution in [2.75, 3.05) is 7.11 Å². The van der Waals surface area contributed by atoms with E-state index in [1.54, 1.807) is 7.11 Å². The van der Waals surface area contributed by atoms with Gasteiger partial charge in [-0.3, -0.25) is 4.79 Å². The molecule has 0 bridgehead atoms. The summed E-state index contributed by atoms with van der Waals surface area (Å²) in [6, 6.07) is 7.71. The Balaban J connectivity index is 2.25. The Bertz CT molecular complexity index is 340. The van der Waals surface area contributed by atoms with Crippen LogP contribution in [0.2, 0.25) is 0 Å². The van der Waals surface area contributed by atoms with E-state index in [1.807, 2.05) is 24.3 Å². The second-order valence-corrected chi connectivity index (χ2v) is 3.73. The van der Waals surface area contributed by atoms with E-state index in [-0.39, 0.29) is 11.7 Å². The van der Waals surface area contributed by atoms with Gasteiger partial charge in [-0.25, -0.2) is 0 Å². The number of carbonyl (C=O) groups excluding carboxylic acids is 1. The van der Waals surface area contributed by atoms with Crippen LogP contribution in [0.1, 0.15) is 28.8 Å². The van der Waals surface area contributed by atoms with E-state index >= 15 is 0 Å². The van der Waals surface area contributed by atoms with Gasteiger partial charge < -0.3 is 4.74 Å². The van der Waals surface area contributed by atoms with Crippen molar-refractivity contribution in [3.8, 4) is 0 Å². The lowest BCUT2D eigenvalue weighted by Crippen LogP contribution is -2.06. The van der Waals surface area contributed by atoms with Crippen LogP contribution in [0.3, 0.4) is 0 Å². The molecule has 1 saturated carbocycles. The third-order valence-corrected chi connectivity index (χ3v) is 2.53. The Labute approximate surface area is 83.9 Å². The Hall–Kier alpha value is -1.15. The molecule has 1 aromatic rings. The number of rotatable bonds is 4. The van der Waals surface area contributed by atoms with E-state index in [0.29, 0.717) is 6.61 Å². The van der Waals surface area contributed by atoms with Crippen molar-refractivity contribution in [2.24, 2.45) is 5.92 Å². The first-order valence-electron chi connectivity index (χ1n) is 4.94. The summed E-state index contributed by atoms with van der Waals surface area (Å²) in [7, 11) is 1.65. The van der Waals surface area contributed by atoms with Crippen molar-refractivity contribution in [3.05, 3.63) is 35.4 Å². The van der Waals surface area contributed by atoms with Crippen LogP contribution in [-0.4, -0.2) is 12.9 Å². The maximum Gasteiger partial charge on any atom is 0.166 e. The zero-order valence-corrected chi connectivity index (χ0v) is 8.32. The van der Waals surface area contributed by atoms with E-state index in [0.717, 1.165) is 24.0 Å². The fourth-order valence-corrected chi connectivity index (χ4v) is 1.61. The minimum absolute atomic E-state index is 0.285. The first-order chi connectivity index (χ1) is 6.83. The molecule has 14 heavy (non-hydrogen) atoms. The predicted octanol–water partition coefficient (Wildman–Crippen LogP) is 2.43. The average molecular weight is 190 g/mol. The van der Waals surface area contributed by atoms with E-state index < -0.39 is 0 Å². The fourth-order valence-electron chi connectivity index (χ4n) is 1.61. The Morgan fingerprint density at radius 2 is 2.14 bits per heavy atom. The van der Waals surface area contributed by atoms with Gasteiger partial charge in [0.25, 0.3) is 0 Å². The van der Waals surface area contributed by atoms with E-state index in [2.05, 4.69) is 0 Å². The molecular formula is C12H14O2. The summed E-state index contributed by atoms with van der Waals surface area (Å²) in [5.74, 6) is 0.575. The average Bonchev–Trinajstić information content (AvgIpc) is 3.01. The van der Waals surface area contributed by atoms with Gasteiger partial charge in [0.1, 0.15) is 0 Å². The number of hydrogen-bond donors (Lipinski definition) is 0. The second kappa shape index (κ2) is 3.93. The molecule has 0 aliphatic heterocycles. The number of benzene rings is 1. The van der Waals surface area contributed by atoms with Gasteiger partial charge in [-0.1, -0.05) is 24.3 Å². The fraction of sp³-hybridized carbons (Fsp3) is 0.417. The maximum atomic E-state index is 11.8. The smallest absolute Gasteiger partial charge is 0.166 e. The molecule has 74 valence electrons. The molecule has 2 nitrogen and oxygen atoms in total. The van der Waals surface area contributed by atoms with Gasteiger partial charge >= 0.3 is 0 Å². The standard InChI is InChI=1S/C12H14O2/c1-14-8-10-4-2-3-5-11(10)12(13)9-6-7-9/h2-5,9H,6-8H2,1H3. The van der Waals surface area contributed by atoms with Crippen LogP contribution in [0.25, 0.3) is 0 Å². The van der Waals surface area contributed by atoms with Crippen LogP contribution >= 0.6 is 0 Å². The zero-order chi connectivity index (χ0) is 9.97. The molecular weight excluding hydrogens is 176 g/mol. The van der Waals surface area contributed by atoms with Crippen molar-refractivity contribution < 1.29 is 9.53 Å². The molecule has 0 spiro atoms. The summed E-state index contributed by atoms with van der Waals surface area (Å²) in [5, 5.41) is 0. The molecule has 0 amide bonds. The third-order valence-electron chi connectivity index (χ3n) is 2.53. The Morgan fingerprint density at radius 1 is 1.43 bits per heavy atom. The number of ketones is 1. The Kier molecular flexibility index (Phi) is 2.64. The lowest BCUT2D eigenvalue weighted by Gasteiger charge is -2.06. The first-order valence-corrected chi connectivity index (χ1v) is 4.94. The molecule has 2 heteroatoms. The quantitative estimate of drug-likeness (QED) is 0.681. The molecule has 0 atom stereocenters. The van der Waals surface area contributed by atoms with Crippen molar-refractivity contribution in [1.29, 1.82) is 0 Å². The molecule has 0 saturated heterocycles. The highest BCUT2D eigenvalue weighted by molar-refractivity contribution is 6.00. The highest BCUT2D eigenvalue weighted by Gasteiger charge is 2.31. The minimum atomic E-state index is 0.285. The molecule has 0 N–H and O–H groups in total. The summed E-state index contributed by atoms with van der Waals surface area (Å²) in [4.78, 5) is 11.8. The number of methoxy groups -OCH3 is 1.